The van der Waals surface area contributed by atoms with Crippen LogP contribution in [0.5, 0.6) is 5.75 Å². The SMILES string of the molecule is COc1cccc(NC(=O)Cn2nc(-c3ccccc3)c3c(c2=O)CCCC3)c1. The summed E-state index contributed by atoms with van der Waals surface area (Å²) in [6, 6.07) is 16.9. The largest absolute Gasteiger partial charge is 0.497 e. The van der Waals surface area contributed by atoms with Gasteiger partial charge in [0.15, 0.2) is 0 Å². The van der Waals surface area contributed by atoms with E-state index in [9.17, 15) is 9.59 Å². The van der Waals surface area contributed by atoms with Crippen LogP contribution in [0.3, 0.4) is 0 Å². The Morgan fingerprint density at radius 2 is 1.83 bits per heavy atom. The first-order valence-corrected chi connectivity index (χ1v) is 9.78. The van der Waals surface area contributed by atoms with Gasteiger partial charge in [0.05, 0.1) is 12.8 Å². The van der Waals surface area contributed by atoms with E-state index in [4.69, 9.17) is 4.74 Å². The molecule has 0 aliphatic heterocycles. The lowest BCUT2D eigenvalue weighted by molar-refractivity contribution is -0.117. The highest BCUT2D eigenvalue weighted by Gasteiger charge is 2.22. The maximum absolute atomic E-state index is 13.0. The molecule has 6 nitrogen and oxygen atoms in total. The van der Waals surface area contributed by atoms with E-state index >= 15 is 0 Å². The standard InChI is InChI=1S/C23H23N3O3/c1-29-18-11-7-10-17(14-18)24-21(27)15-26-23(28)20-13-6-5-12-19(20)22(25-26)16-8-3-2-4-9-16/h2-4,7-11,14H,5-6,12-13,15H2,1H3,(H,24,27). The van der Waals surface area contributed by atoms with Gasteiger partial charge in [0, 0.05) is 22.9 Å². The molecule has 2 aromatic carbocycles. The Kier molecular flexibility index (Phi) is 5.42. The Labute approximate surface area is 169 Å². The minimum absolute atomic E-state index is 0.136. The Bertz CT molecular complexity index is 1090. The molecular formula is C23H23N3O3. The summed E-state index contributed by atoms with van der Waals surface area (Å²) in [6.07, 6.45) is 3.61. The molecule has 29 heavy (non-hydrogen) atoms. The molecule has 0 bridgehead atoms. The van der Waals surface area contributed by atoms with Crippen molar-refractivity contribution in [2.24, 2.45) is 0 Å². The van der Waals surface area contributed by atoms with Crippen molar-refractivity contribution in [3.05, 3.63) is 76.1 Å². The van der Waals surface area contributed by atoms with Crippen molar-refractivity contribution in [1.29, 1.82) is 0 Å². The number of methoxy groups -OCH3 is 1. The number of hydrogen-bond donors (Lipinski definition) is 1. The first-order chi connectivity index (χ1) is 14.2. The van der Waals surface area contributed by atoms with Crippen LogP contribution in [0.2, 0.25) is 0 Å². The summed E-state index contributed by atoms with van der Waals surface area (Å²) in [5.41, 5.74) is 4.03. The number of fused-ring (bicyclic) bond motifs is 1. The van der Waals surface area contributed by atoms with Crippen LogP contribution in [0.15, 0.2) is 59.4 Å². The lowest BCUT2D eigenvalue weighted by atomic mass is 9.90. The number of nitrogens with one attached hydrogen (secondary N) is 1. The second-order valence-electron chi connectivity index (χ2n) is 7.12. The fourth-order valence-corrected chi connectivity index (χ4v) is 3.76. The Hall–Kier alpha value is -3.41. The van der Waals surface area contributed by atoms with Gasteiger partial charge in [-0.2, -0.15) is 5.10 Å². The van der Waals surface area contributed by atoms with Crippen LogP contribution >= 0.6 is 0 Å². The van der Waals surface area contributed by atoms with E-state index in [0.717, 1.165) is 48.1 Å². The molecule has 4 rings (SSSR count). The van der Waals surface area contributed by atoms with Crippen LogP contribution in [0.4, 0.5) is 5.69 Å². The first kappa shape index (κ1) is 18.9. The zero-order valence-corrected chi connectivity index (χ0v) is 16.4. The summed E-state index contributed by atoms with van der Waals surface area (Å²) < 4.78 is 6.48. The topological polar surface area (TPSA) is 73.2 Å². The second-order valence-corrected chi connectivity index (χ2v) is 7.12. The normalized spacial score (nSPS) is 12.9. The lowest BCUT2D eigenvalue weighted by Crippen LogP contribution is -2.34. The lowest BCUT2D eigenvalue weighted by Gasteiger charge is -2.20. The van der Waals surface area contributed by atoms with Crippen molar-refractivity contribution >= 4 is 11.6 Å². The molecule has 1 N–H and O–H groups in total. The molecule has 1 aliphatic carbocycles. The summed E-state index contributed by atoms with van der Waals surface area (Å²) in [5.74, 6) is 0.348. The van der Waals surface area contributed by atoms with Gasteiger partial charge < -0.3 is 10.1 Å². The number of nitrogens with zero attached hydrogens (tertiary/aromatic N) is 2. The summed E-state index contributed by atoms with van der Waals surface area (Å²) in [7, 11) is 1.57. The third-order valence-electron chi connectivity index (χ3n) is 5.16. The molecule has 6 heteroatoms. The van der Waals surface area contributed by atoms with Crippen molar-refractivity contribution in [2.75, 3.05) is 12.4 Å². The fraction of sp³-hybridized carbons (Fsp3) is 0.261. The van der Waals surface area contributed by atoms with E-state index in [2.05, 4.69) is 10.4 Å². The van der Waals surface area contributed by atoms with Gasteiger partial charge in [0.25, 0.3) is 5.56 Å². The molecule has 1 amide bonds. The van der Waals surface area contributed by atoms with E-state index < -0.39 is 0 Å². The molecular weight excluding hydrogens is 366 g/mol. The predicted octanol–water partition coefficient (Wildman–Crippen LogP) is 3.44. The number of hydrogen-bond acceptors (Lipinski definition) is 4. The predicted molar refractivity (Wildman–Crippen MR) is 112 cm³/mol. The molecule has 0 atom stereocenters. The first-order valence-electron chi connectivity index (χ1n) is 9.78. The number of ether oxygens (including phenoxy) is 1. The molecule has 0 fully saturated rings. The highest BCUT2D eigenvalue weighted by Crippen LogP contribution is 2.27. The fourth-order valence-electron chi connectivity index (χ4n) is 3.76. The summed E-state index contributed by atoms with van der Waals surface area (Å²) >= 11 is 0. The van der Waals surface area contributed by atoms with Crippen molar-refractivity contribution in [2.45, 2.75) is 32.2 Å². The van der Waals surface area contributed by atoms with Crippen LogP contribution in [0.25, 0.3) is 11.3 Å². The van der Waals surface area contributed by atoms with E-state index in [1.54, 1.807) is 31.4 Å². The number of carbonyl (C=O) groups is 1. The van der Waals surface area contributed by atoms with E-state index in [-0.39, 0.29) is 18.0 Å². The average molecular weight is 389 g/mol. The van der Waals surface area contributed by atoms with Crippen molar-refractivity contribution in [3.63, 3.8) is 0 Å². The van der Waals surface area contributed by atoms with Crippen molar-refractivity contribution in [1.82, 2.24) is 9.78 Å². The average Bonchev–Trinajstić information content (AvgIpc) is 2.76. The van der Waals surface area contributed by atoms with Crippen LogP contribution in [-0.2, 0) is 24.2 Å². The molecule has 1 aliphatic rings. The van der Waals surface area contributed by atoms with E-state index in [0.29, 0.717) is 11.4 Å². The smallest absolute Gasteiger partial charge is 0.270 e. The number of amides is 1. The van der Waals surface area contributed by atoms with Crippen LogP contribution in [0.1, 0.15) is 24.0 Å². The van der Waals surface area contributed by atoms with Gasteiger partial charge in [0.2, 0.25) is 5.91 Å². The molecule has 0 radical (unpaired) electrons. The summed E-state index contributed by atoms with van der Waals surface area (Å²) in [6.45, 7) is -0.136. The number of aromatic nitrogens is 2. The molecule has 0 spiro atoms. The van der Waals surface area contributed by atoms with Crippen molar-refractivity contribution in [3.8, 4) is 17.0 Å². The molecule has 148 valence electrons. The van der Waals surface area contributed by atoms with Crippen LogP contribution < -0.4 is 15.6 Å². The zero-order chi connectivity index (χ0) is 20.2. The summed E-state index contributed by atoms with van der Waals surface area (Å²) in [5, 5.41) is 7.40. The highest BCUT2D eigenvalue weighted by atomic mass is 16.5. The van der Waals surface area contributed by atoms with E-state index in [1.165, 1.54) is 4.68 Å². The minimum atomic E-state index is -0.303. The maximum Gasteiger partial charge on any atom is 0.270 e. The second kappa shape index (κ2) is 8.31. The Morgan fingerprint density at radius 1 is 1.07 bits per heavy atom. The maximum atomic E-state index is 13.0. The monoisotopic (exact) mass is 389 g/mol. The Morgan fingerprint density at radius 3 is 2.59 bits per heavy atom. The van der Waals surface area contributed by atoms with Crippen LogP contribution in [-0.4, -0.2) is 22.8 Å². The number of benzene rings is 2. The Balaban J connectivity index is 1.66. The van der Waals surface area contributed by atoms with Crippen LogP contribution in [0, 0.1) is 0 Å². The molecule has 0 saturated carbocycles. The van der Waals surface area contributed by atoms with Gasteiger partial charge in [-0.3, -0.25) is 9.59 Å². The van der Waals surface area contributed by atoms with Gasteiger partial charge >= 0.3 is 0 Å². The summed E-state index contributed by atoms with van der Waals surface area (Å²) in [4.78, 5) is 25.6. The third-order valence-corrected chi connectivity index (χ3v) is 5.16. The minimum Gasteiger partial charge on any atom is -0.497 e. The quantitative estimate of drug-likeness (QED) is 0.726. The van der Waals surface area contributed by atoms with Crippen molar-refractivity contribution < 1.29 is 9.53 Å². The van der Waals surface area contributed by atoms with Gasteiger partial charge in [-0.25, -0.2) is 4.68 Å². The van der Waals surface area contributed by atoms with Gasteiger partial charge in [0.1, 0.15) is 12.3 Å². The third kappa shape index (κ3) is 4.06. The molecule has 1 aromatic heterocycles. The molecule has 1 heterocycles. The number of rotatable bonds is 5. The van der Waals surface area contributed by atoms with Gasteiger partial charge in [-0.15, -0.1) is 0 Å². The zero-order valence-electron chi connectivity index (χ0n) is 16.4. The van der Waals surface area contributed by atoms with Gasteiger partial charge in [-0.05, 0) is 43.4 Å². The number of anilines is 1. The highest BCUT2D eigenvalue weighted by molar-refractivity contribution is 5.90. The number of carbonyl (C=O) groups excluding carboxylic acids is 1. The molecule has 0 unspecified atom stereocenters. The molecule has 3 aromatic rings. The molecule has 0 saturated heterocycles. The van der Waals surface area contributed by atoms with E-state index in [1.807, 2.05) is 30.3 Å². The van der Waals surface area contributed by atoms with Gasteiger partial charge in [-0.1, -0.05) is 36.4 Å².